The second-order valence-electron chi connectivity index (χ2n) is 7.91. The van der Waals surface area contributed by atoms with E-state index in [2.05, 4.69) is 19.7 Å². The van der Waals surface area contributed by atoms with Crippen molar-refractivity contribution in [3.63, 3.8) is 0 Å². The van der Waals surface area contributed by atoms with Crippen LogP contribution in [0.4, 0.5) is 13.2 Å². The molecule has 0 N–H and O–H groups in total. The summed E-state index contributed by atoms with van der Waals surface area (Å²) in [6, 6.07) is 10.2. The topological polar surface area (TPSA) is 74.2 Å². The van der Waals surface area contributed by atoms with Crippen LogP contribution >= 0.6 is 23.2 Å². The Morgan fingerprint density at radius 3 is 2.23 bits per heavy atom. The first-order valence-electron chi connectivity index (χ1n) is 10.4. The molecule has 0 saturated heterocycles. The maximum absolute atomic E-state index is 13.3. The molecule has 0 fully saturated rings. The number of alkyl halides is 3. The summed E-state index contributed by atoms with van der Waals surface area (Å²) < 4.78 is 49.7. The number of carbonyl (C=O) groups is 1. The summed E-state index contributed by atoms with van der Waals surface area (Å²) in [5.74, 6) is -0.551. The van der Waals surface area contributed by atoms with Gasteiger partial charge in [0, 0.05) is 29.7 Å². The van der Waals surface area contributed by atoms with Crippen molar-refractivity contribution in [2.45, 2.75) is 38.5 Å². The van der Waals surface area contributed by atoms with Gasteiger partial charge in [-0.2, -0.15) is 23.1 Å². The van der Waals surface area contributed by atoms with Crippen molar-refractivity contribution < 1.29 is 27.4 Å². The van der Waals surface area contributed by atoms with Crippen molar-refractivity contribution in [1.29, 1.82) is 0 Å². The molecule has 186 valence electrons. The average Bonchev–Trinajstić information content (AvgIpc) is 2.83. The lowest BCUT2D eigenvalue weighted by molar-refractivity contribution is -0.252. The van der Waals surface area contributed by atoms with Gasteiger partial charge in [-0.05, 0) is 61.7 Å². The molecule has 0 unspecified atom stereocenters. The molecule has 0 aliphatic heterocycles. The molecule has 0 amide bonds. The van der Waals surface area contributed by atoms with Crippen LogP contribution in [0.2, 0.25) is 10.0 Å². The van der Waals surface area contributed by atoms with Gasteiger partial charge < -0.3 is 9.47 Å². The van der Waals surface area contributed by atoms with E-state index in [9.17, 15) is 18.0 Å². The first kappa shape index (κ1) is 26.8. The fraction of sp³-hybridized carbons (Fsp3) is 0.333. The molecule has 1 aromatic heterocycles. The van der Waals surface area contributed by atoms with E-state index in [0.29, 0.717) is 32.6 Å². The normalized spacial score (nSPS) is 13.4. The minimum absolute atomic E-state index is 0.0312. The zero-order valence-corrected chi connectivity index (χ0v) is 20.8. The average molecular weight is 528 g/mol. The molecule has 6 nitrogen and oxygen atoms in total. The van der Waals surface area contributed by atoms with Gasteiger partial charge in [-0.25, -0.2) is 4.98 Å². The molecule has 0 aliphatic rings. The van der Waals surface area contributed by atoms with E-state index in [4.69, 9.17) is 27.9 Å². The second kappa shape index (κ2) is 10.5. The third kappa shape index (κ3) is 5.74. The van der Waals surface area contributed by atoms with E-state index in [-0.39, 0.29) is 24.7 Å². The summed E-state index contributed by atoms with van der Waals surface area (Å²) >= 11 is 12.5. The summed E-state index contributed by atoms with van der Waals surface area (Å²) in [7, 11) is 2.27. The number of aryl methyl sites for hydroxylation is 2. The molecule has 0 radical (unpaired) electrons. The molecule has 11 heteroatoms. The Kier molecular flexibility index (Phi) is 8.03. The fourth-order valence-corrected chi connectivity index (χ4v) is 3.58. The Labute approximate surface area is 210 Å². The van der Waals surface area contributed by atoms with Gasteiger partial charge in [0.15, 0.2) is 17.4 Å². The monoisotopic (exact) mass is 527 g/mol. The van der Waals surface area contributed by atoms with Crippen LogP contribution in [0.25, 0.3) is 22.8 Å². The third-order valence-corrected chi connectivity index (χ3v) is 6.36. The molecular weight excluding hydrogens is 506 g/mol. The van der Waals surface area contributed by atoms with Gasteiger partial charge in [0.1, 0.15) is 0 Å². The number of carbonyl (C=O) groups excluding carboxylic acids is 1. The van der Waals surface area contributed by atoms with E-state index < -0.39 is 17.6 Å². The lowest BCUT2D eigenvalue weighted by Gasteiger charge is -2.28. The van der Waals surface area contributed by atoms with Gasteiger partial charge in [0.05, 0.1) is 12.1 Å². The standard InChI is InChI=1S/C24H22Cl2F3N3O3/c1-13-11-15(7-9-17(13)25)20-30-21(32-22(31-20)34-3)16-12-14(5-8-18(16)26)6-10-19(33)23(2,35-4)24(27,28)29/h5,7-9,11-12H,6,10H2,1-4H3/t23-/m1/s1. The molecule has 35 heavy (non-hydrogen) atoms. The summed E-state index contributed by atoms with van der Waals surface area (Å²) in [5.41, 5.74) is -0.388. The highest BCUT2D eigenvalue weighted by Gasteiger charge is 2.56. The Balaban J connectivity index is 1.95. The van der Waals surface area contributed by atoms with Crippen molar-refractivity contribution >= 4 is 29.0 Å². The van der Waals surface area contributed by atoms with Crippen LogP contribution < -0.4 is 4.74 Å². The molecule has 0 saturated carbocycles. The second-order valence-corrected chi connectivity index (χ2v) is 8.72. The third-order valence-electron chi connectivity index (χ3n) is 5.61. The SMILES string of the molecule is COc1nc(-c2ccc(Cl)c(C)c2)nc(-c2cc(CCC(=O)[C@@](C)(OC)C(F)(F)F)ccc2Cl)n1. The quantitative estimate of drug-likeness (QED) is 0.342. The van der Waals surface area contributed by atoms with Crippen LogP contribution in [-0.2, 0) is 16.0 Å². The zero-order valence-electron chi connectivity index (χ0n) is 19.3. The summed E-state index contributed by atoms with van der Waals surface area (Å²) in [4.78, 5) is 25.4. The number of hydrogen-bond donors (Lipinski definition) is 0. The lowest BCUT2D eigenvalue weighted by Crippen LogP contribution is -2.51. The predicted octanol–water partition coefficient (Wildman–Crippen LogP) is 6.30. The maximum Gasteiger partial charge on any atom is 0.424 e. The molecular formula is C24H22Cl2F3N3O3. The van der Waals surface area contributed by atoms with Gasteiger partial charge in [-0.15, -0.1) is 0 Å². The Morgan fingerprint density at radius 1 is 0.971 bits per heavy atom. The number of methoxy groups -OCH3 is 2. The van der Waals surface area contributed by atoms with Crippen LogP contribution in [0.15, 0.2) is 36.4 Å². The summed E-state index contributed by atoms with van der Waals surface area (Å²) in [6.45, 7) is 2.57. The van der Waals surface area contributed by atoms with Crippen molar-refractivity contribution in [3.8, 4) is 28.8 Å². The number of rotatable bonds is 8. The van der Waals surface area contributed by atoms with Crippen LogP contribution in [0.5, 0.6) is 6.01 Å². The van der Waals surface area contributed by atoms with Gasteiger partial charge >= 0.3 is 12.2 Å². The molecule has 3 aromatic rings. The highest BCUT2D eigenvalue weighted by atomic mass is 35.5. The van der Waals surface area contributed by atoms with Crippen molar-refractivity contribution in [2.75, 3.05) is 14.2 Å². The number of Topliss-reactive ketones (excluding diaryl/α,β-unsaturated/α-hetero) is 1. The Bertz CT molecular complexity index is 1250. The van der Waals surface area contributed by atoms with Crippen molar-refractivity contribution in [2.24, 2.45) is 0 Å². The molecule has 0 aliphatic carbocycles. The first-order valence-corrected chi connectivity index (χ1v) is 11.2. The highest BCUT2D eigenvalue weighted by molar-refractivity contribution is 6.33. The van der Waals surface area contributed by atoms with Crippen LogP contribution in [0, 0.1) is 6.92 Å². The van der Waals surface area contributed by atoms with E-state index >= 15 is 0 Å². The molecule has 3 rings (SSSR count). The van der Waals surface area contributed by atoms with E-state index in [1.165, 1.54) is 7.11 Å². The number of nitrogens with zero attached hydrogens (tertiary/aromatic N) is 3. The minimum Gasteiger partial charge on any atom is -0.467 e. The maximum atomic E-state index is 13.3. The molecule has 2 aromatic carbocycles. The van der Waals surface area contributed by atoms with Crippen LogP contribution in [0.3, 0.4) is 0 Å². The van der Waals surface area contributed by atoms with E-state index in [1.807, 2.05) is 13.0 Å². The number of ether oxygens (including phenoxy) is 2. The molecule has 0 bridgehead atoms. The van der Waals surface area contributed by atoms with Crippen LogP contribution in [0.1, 0.15) is 24.5 Å². The van der Waals surface area contributed by atoms with Crippen molar-refractivity contribution in [1.82, 2.24) is 15.0 Å². The van der Waals surface area contributed by atoms with Gasteiger partial charge in [-0.1, -0.05) is 29.3 Å². The van der Waals surface area contributed by atoms with Crippen molar-refractivity contribution in [3.05, 3.63) is 57.6 Å². The zero-order chi connectivity index (χ0) is 26.0. The van der Waals surface area contributed by atoms with Gasteiger partial charge in [0.25, 0.3) is 0 Å². The Hall–Kier alpha value is -2.75. The number of ketones is 1. The molecule has 1 heterocycles. The number of aromatic nitrogens is 3. The van der Waals surface area contributed by atoms with E-state index in [1.54, 1.807) is 30.3 Å². The van der Waals surface area contributed by atoms with Crippen LogP contribution in [-0.4, -0.2) is 46.7 Å². The number of halogens is 5. The molecule has 0 spiro atoms. The fourth-order valence-electron chi connectivity index (χ4n) is 3.26. The highest BCUT2D eigenvalue weighted by Crippen LogP contribution is 2.35. The smallest absolute Gasteiger partial charge is 0.424 e. The predicted molar refractivity (Wildman–Crippen MR) is 127 cm³/mol. The van der Waals surface area contributed by atoms with Gasteiger partial charge in [-0.3, -0.25) is 4.79 Å². The summed E-state index contributed by atoms with van der Waals surface area (Å²) in [6.07, 6.45) is -5.19. The lowest BCUT2D eigenvalue weighted by atomic mass is 9.94. The number of benzene rings is 2. The Morgan fingerprint density at radius 2 is 1.63 bits per heavy atom. The van der Waals surface area contributed by atoms with Gasteiger partial charge in [0.2, 0.25) is 5.60 Å². The van der Waals surface area contributed by atoms with E-state index in [0.717, 1.165) is 19.6 Å². The largest absolute Gasteiger partial charge is 0.467 e. The first-order chi connectivity index (χ1) is 16.4. The molecule has 1 atom stereocenters. The minimum atomic E-state index is -4.83. The number of hydrogen-bond acceptors (Lipinski definition) is 6. The summed E-state index contributed by atoms with van der Waals surface area (Å²) in [5, 5.41) is 0.902.